The Labute approximate surface area is 178 Å². The van der Waals surface area contributed by atoms with Crippen LogP contribution in [0.1, 0.15) is 31.9 Å². The van der Waals surface area contributed by atoms with E-state index in [0.29, 0.717) is 12.4 Å². The van der Waals surface area contributed by atoms with E-state index in [0.717, 1.165) is 36.9 Å². The maximum atomic E-state index is 5.58. The van der Waals surface area contributed by atoms with Crippen molar-refractivity contribution in [2.75, 3.05) is 32.7 Å². The van der Waals surface area contributed by atoms with Crippen LogP contribution in [0.25, 0.3) is 11.5 Å². The van der Waals surface area contributed by atoms with Gasteiger partial charge in [0.2, 0.25) is 5.89 Å². The zero-order valence-electron chi connectivity index (χ0n) is 16.0. The van der Waals surface area contributed by atoms with Gasteiger partial charge in [0.05, 0.1) is 6.54 Å². The predicted molar refractivity (Wildman–Crippen MR) is 120 cm³/mol. The molecule has 2 heterocycles. The molecule has 1 fully saturated rings. The monoisotopic (exact) mass is 483 g/mol. The molecule has 0 amide bonds. The zero-order valence-corrected chi connectivity index (χ0v) is 18.3. The Morgan fingerprint density at radius 3 is 2.67 bits per heavy atom. The number of aromatic nitrogens is 1. The Hall–Kier alpha value is -1.61. The zero-order chi connectivity index (χ0) is 18.0. The number of oxazole rings is 1. The Balaban J connectivity index is 0.00000261. The van der Waals surface area contributed by atoms with Crippen molar-refractivity contribution in [3.05, 3.63) is 42.3 Å². The lowest BCUT2D eigenvalue weighted by atomic mass is 10.1. The molecule has 0 atom stereocenters. The van der Waals surface area contributed by atoms with E-state index in [1.54, 1.807) is 6.26 Å². The van der Waals surface area contributed by atoms with E-state index < -0.39 is 0 Å². The number of nitrogens with one attached hydrogen (secondary N) is 2. The van der Waals surface area contributed by atoms with Crippen LogP contribution in [0, 0.1) is 0 Å². The normalized spacial score (nSPS) is 15.2. The number of hydrogen-bond donors (Lipinski definition) is 2. The number of guanidine groups is 1. The van der Waals surface area contributed by atoms with Gasteiger partial charge in [-0.3, -0.25) is 0 Å². The standard InChI is InChI=1S/C20H29N5O.HI/c1-2-21-20(22-11-14-25-12-7-4-8-13-25)23-15-18-16-26-19(24-18)17-9-5-3-6-10-17;/h3,5-6,9-10,16H,2,4,7-8,11-15H2,1H3,(H2,21,22,23);1H. The van der Waals surface area contributed by atoms with E-state index in [1.807, 2.05) is 30.3 Å². The molecule has 2 N–H and O–H groups in total. The molecule has 0 unspecified atom stereocenters. The molecule has 1 aliphatic heterocycles. The summed E-state index contributed by atoms with van der Waals surface area (Å²) in [7, 11) is 0. The second-order valence-corrected chi connectivity index (χ2v) is 6.53. The highest BCUT2D eigenvalue weighted by Crippen LogP contribution is 2.18. The quantitative estimate of drug-likeness (QED) is 0.359. The van der Waals surface area contributed by atoms with E-state index >= 15 is 0 Å². The summed E-state index contributed by atoms with van der Waals surface area (Å²) >= 11 is 0. The van der Waals surface area contributed by atoms with Crippen molar-refractivity contribution in [2.45, 2.75) is 32.7 Å². The molecule has 0 bridgehead atoms. The van der Waals surface area contributed by atoms with Gasteiger partial charge in [0, 0.05) is 25.2 Å². The Morgan fingerprint density at radius 2 is 1.93 bits per heavy atom. The maximum Gasteiger partial charge on any atom is 0.226 e. The number of halogens is 1. The van der Waals surface area contributed by atoms with Gasteiger partial charge < -0.3 is 20.0 Å². The summed E-state index contributed by atoms with van der Waals surface area (Å²) in [6.45, 7) is 7.81. The minimum absolute atomic E-state index is 0. The van der Waals surface area contributed by atoms with Crippen molar-refractivity contribution < 1.29 is 4.42 Å². The lowest BCUT2D eigenvalue weighted by Gasteiger charge is -2.26. The molecule has 3 rings (SSSR count). The molecule has 1 aromatic heterocycles. The topological polar surface area (TPSA) is 65.7 Å². The minimum Gasteiger partial charge on any atom is -0.444 e. The first-order valence-electron chi connectivity index (χ1n) is 9.59. The van der Waals surface area contributed by atoms with Crippen LogP contribution in [0.3, 0.4) is 0 Å². The van der Waals surface area contributed by atoms with Gasteiger partial charge in [-0.15, -0.1) is 24.0 Å². The summed E-state index contributed by atoms with van der Waals surface area (Å²) in [5, 5.41) is 6.71. The van der Waals surface area contributed by atoms with Gasteiger partial charge in [-0.25, -0.2) is 9.98 Å². The second kappa shape index (κ2) is 12.0. The number of nitrogens with zero attached hydrogens (tertiary/aromatic N) is 3. The van der Waals surface area contributed by atoms with Gasteiger partial charge in [-0.1, -0.05) is 24.6 Å². The number of piperidine rings is 1. The molecule has 7 heteroatoms. The fourth-order valence-electron chi connectivity index (χ4n) is 3.11. The molecule has 0 aliphatic carbocycles. The van der Waals surface area contributed by atoms with Crippen LogP contribution >= 0.6 is 24.0 Å². The van der Waals surface area contributed by atoms with Gasteiger partial charge >= 0.3 is 0 Å². The molecule has 27 heavy (non-hydrogen) atoms. The summed E-state index contributed by atoms with van der Waals surface area (Å²) in [6.07, 6.45) is 5.70. The fraction of sp³-hybridized carbons (Fsp3) is 0.500. The Bertz CT molecular complexity index is 683. The summed E-state index contributed by atoms with van der Waals surface area (Å²) in [6, 6.07) is 9.92. The first-order valence-corrected chi connectivity index (χ1v) is 9.59. The van der Waals surface area contributed by atoms with Crippen molar-refractivity contribution in [2.24, 2.45) is 4.99 Å². The maximum absolute atomic E-state index is 5.58. The molecule has 6 nitrogen and oxygen atoms in total. The van der Waals surface area contributed by atoms with E-state index in [1.165, 1.54) is 32.4 Å². The van der Waals surface area contributed by atoms with Gasteiger partial charge in [0.25, 0.3) is 0 Å². The fourth-order valence-corrected chi connectivity index (χ4v) is 3.11. The smallest absolute Gasteiger partial charge is 0.226 e. The van der Waals surface area contributed by atoms with E-state index in [2.05, 4.69) is 32.4 Å². The predicted octanol–water partition coefficient (Wildman–Crippen LogP) is 3.50. The van der Waals surface area contributed by atoms with Gasteiger partial charge in [-0.2, -0.15) is 0 Å². The average molecular weight is 483 g/mol. The molecule has 0 saturated carbocycles. The third kappa shape index (κ3) is 7.14. The van der Waals surface area contributed by atoms with E-state index in [-0.39, 0.29) is 24.0 Å². The molecule has 2 aromatic rings. The van der Waals surface area contributed by atoms with Crippen molar-refractivity contribution >= 4 is 29.9 Å². The van der Waals surface area contributed by atoms with Crippen molar-refractivity contribution in [3.63, 3.8) is 0 Å². The van der Waals surface area contributed by atoms with Crippen LogP contribution < -0.4 is 10.6 Å². The molecular weight excluding hydrogens is 453 g/mol. The SMILES string of the molecule is CCNC(=NCc1coc(-c2ccccc2)n1)NCCN1CCCCC1.I. The summed E-state index contributed by atoms with van der Waals surface area (Å²) in [4.78, 5) is 11.7. The Morgan fingerprint density at radius 1 is 1.15 bits per heavy atom. The number of rotatable bonds is 7. The Kier molecular flexibility index (Phi) is 9.61. The van der Waals surface area contributed by atoms with Crippen LogP contribution in [-0.2, 0) is 6.54 Å². The van der Waals surface area contributed by atoms with Crippen molar-refractivity contribution in [1.82, 2.24) is 20.5 Å². The van der Waals surface area contributed by atoms with Crippen LogP contribution in [0.5, 0.6) is 0 Å². The van der Waals surface area contributed by atoms with Crippen molar-refractivity contribution in [3.8, 4) is 11.5 Å². The highest BCUT2D eigenvalue weighted by atomic mass is 127. The third-order valence-corrected chi connectivity index (χ3v) is 4.49. The number of aliphatic imine (C=N–C) groups is 1. The molecule has 0 spiro atoms. The van der Waals surface area contributed by atoms with E-state index in [9.17, 15) is 0 Å². The van der Waals surface area contributed by atoms with Crippen LogP contribution in [0.2, 0.25) is 0 Å². The molecule has 148 valence electrons. The molecule has 0 radical (unpaired) electrons. The average Bonchev–Trinajstić information content (AvgIpc) is 3.17. The number of hydrogen-bond acceptors (Lipinski definition) is 4. The molecule has 1 saturated heterocycles. The van der Waals surface area contributed by atoms with Crippen LogP contribution in [0.15, 0.2) is 46.0 Å². The molecular formula is C20H30IN5O. The summed E-state index contributed by atoms with van der Waals surface area (Å²) < 4.78 is 5.58. The highest BCUT2D eigenvalue weighted by molar-refractivity contribution is 14.0. The van der Waals surface area contributed by atoms with Gasteiger partial charge in [0.15, 0.2) is 5.96 Å². The lowest BCUT2D eigenvalue weighted by Crippen LogP contribution is -2.42. The third-order valence-electron chi connectivity index (χ3n) is 4.49. The van der Waals surface area contributed by atoms with E-state index in [4.69, 9.17) is 4.42 Å². The van der Waals surface area contributed by atoms with Gasteiger partial charge in [0.1, 0.15) is 12.0 Å². The van der Waals surface area contributed by atoms with Crippen LogP contribution in [-0.4, -0.2) is 48.6 Å². The lowest BCUT2D eigenvalue weighted by molar-refractivity contribution is 0.232. The second-order valence-electron chi connectivity index (χ2n) is 6.53. The number of likely N-dealkylation sites (tertiary alicyclic amines) is 1. The largest absolute Gasteiger partial charge is 0.444 e. The van der Waals surface area contributed by atoms with Crippen molar-refractivity contribution in [1.29, 1.82) is 0 Å². The van der Waals surface area contributed by atoms with Crippen LogP contribution in [0.4, 0.5) is 0 Å². The highest BCUT2D eigenvalue weighted by Gasteiger charge is 2.10. The molecule has 1 aromatic carbocycles. The first-order chi connectivity index (χ1) is 12.8. The minimum atomic E-state index is 0. The number of benzene rings is 1. The molecule has 1 aliphatic rings. The van der Waals surface area contributed by atoms with Gasteiger partial charge in [-0.05, 0) is 45.0 Å². The summed E-state index contributed by atoms with van der Waals surface area (Å²) in [5.41, 5.74) is 1.81. The summed E-state index contributed by atoms with van der Waals surface area (Å²) in [5.74, 6) is 1.47. The first kappa shape index (κ1) is 21.7.